The summed E-state index contributed by atoms with van der Waals surface area (Å²) < 4.78 is 13.4. The number of phenols is 1. The van der Waals surface area contributed by atoms with Gasteiger partial charge >= 0.3 is 0 Å². The van der Waals surface area contributed by atoms with E-state index in [0.29, 0.717) is 12.0 Å². The van der Waals surface area contributed by atoms with Crippen LogP contribution in [0.15, 0.2) is 18.2 Å². The Labute approximate surface area is 124 Å². The Balaban J connectivity index is 2.04. The molecule has 1 aliphatic rings. The Kier molecular flexibility index (Phi) is 5.56. The molecular formula is C16H23FN2O2. The van der Waals surface area contributed by atoms with Crippen molar-refractivity contribution < 1.29 is 14.3 Å². The van der Waals surface area contributed by atoms with E-state index in [1.165, 1.54) is 25.0 Å². The first-order valence-electron chi connectivity index (χ1n) is 7.58. The van der Waals surface area contributed by atoms with Crippen molar-refractivity contribution in [2.75, 3.05) is 19.6 Å². The van der Waals surface area contributed by atoms with Crippen LogP contribution in [-0.4, -0.2) is 35.5 Å². The number of amides is 1. The number of hydrogen-bond donors (Lipinski definition) is 2. The topological polar surface area (TPSA) is 66.6 Å². The molecule has 5 heteroatoms. The molecule has 1 aromatic rings. The third kappa shape index (κ3) is 4.17. The van der Waals surface area contributed by atoms with Crippen molar-refractivity contribution in [1.29, 1.82) is 0 Å². The number of halogens is 1. The van der Waals surface area contributed by atoms with Gasteiger partial charge in [0.25, 0.3) is 0 Å². The van der Waals surface area contributed by atoms with E-state index in [2.05, 4.69) is 0 Å². The quantitative estimate of drug-likeness (QED) is 0.893. The Bertz CT molecular complexity index is 485. The molecule has 1 saturated heterocycles. The molecule has 1 atom stereocenters. The highest BCUT2D eigenvalue weighted by Gasteiger charge is 2.24. The standard InChI is InChI=1S/C16H23FN2O2/c17-14-10-12(5-6-15(14)20)9-13(11-18)16(21)19-7-3-1-2-4-8-19/h5-6,10,13,20H,1-4,7-9,11,18H2. The average molecular weight is 294 g/mol. The minimum absolute atomic E-state index is 0.0629. The molecule has 3 N–H and O–H groups in total. The highest BCUT2D eigenvalue weighted by molar-refractivity contribution is 5.79. The maximum absolute atomic E-state index is 13.4. The van der Waals surface area contributed by atoms with E-state index < -0.39 is 5.82 Å². The lowest BCUT2D eigenvalue weighted by Gasteiger charge is -2.25. The van der Waals surface area contributed by atoms with Crippen LogP contribution in [-0.2, 0) is 11.2 Å². The number of nitrogens with two attached hydrogens (primary N) is 1. The first-order valence-corrected chi connectivity index (χ1v) is 7.58. The minimum Gasteiger partial charge on any atom is -0.505 e. The van der Waals surface area contributed by atoms with Gasteiger partial charge in [-0.25, -0.2) is 4.39 Å². The van der Waals surface area contributed by atoms with E-state index in [4.69, 9.17) is 5.73 Å². The zero-order valence-electron chi connectivity index (χ0n) is 12.2. The van der Waals surface area contributed by atoms with Gasteiger partial charge in [0.2, 0.25) is 5.91 Å². The van der Waals surface area contributed by atoms with Crippen LogP contribution in [0.4, 0.5) is 4.39 Å². The van der Waals surface area contributed by atoms with Gasteiger partial charge in [-0.2, -0.15) is 0 Å². The summed E-state index contributed by atoms with van der Waals surface area (Å²) in [7, 11) is 0. The maximum atomic E-state index is 13.4. The van der Waals surface area contributed by atoms with Crippen molar-refractivity contribution in [3.8, 4) is 5.75 Å². The fraction of sp³-hybridized carbons (Fsp3) is 0.562. The summed E-state index contributed by atoms with van der Waals surface area (Å²) in [5.41, 5.74) is 6.43. The molecule has 0 aromatic heterocycles. The highest BCUT2D eigenvalue weighted by Crippen LogP contribution is 2.20. The lowest BCUT2D eigenvalue weighted by molar-refractivity contribution is -0.135. The normalized spacial score (nSPS) is 17.3. The summed E-state index contributed by atoms with van der Waals surface area (Å²) >= 11 is 0. The molecule has 1 aromatic carbocycles. The molecule has 1 unspecified atom stereocenters. The van der Waals surface area contributed by atoms with Crippen molar-refractivity contribution in [3.05, 3.63) is 29.6 Å². The molecule has 0 saturated carbocycles. The fourth-order valence-corrected chi connectivity index (χ4v) is 2.78. The van der Waals surface area contributed by atoms with Gasteiger partial charge in [-0.3, -0.25) is 4.79 Å². The Hall–Kier alpha value is -1.62. The molecule has 1 amide bonds. The van der Waals surface area contributed by atoms with E-state index in [1.54, 1.807) is 6.07 Å². The molecular weight excluding hydrogens is 271 g/mol. The minimum atomic E-state index is -0.662. The van der Waals surface area contributed by atoms with Gasteiger partial charge in [0.05, 0.1) is 5.92 Å². The second kappa shape index (κ2) is 7.41. The molecule has 1 fully saturated rings. The maximum Gasteiger partial charge on any atom is 0.227 e. The summed E-state index contributed by atoms with van der Waals surface area (Å²) in [4.78, 5) is 14.4. The van der Waals surface area contributed by atoms with Gasteiger partial charge in [0.15, 0.2) is 11.6 Å². The number of likely N-dealkylation sites (tertiary alicyclic amines) is 1. The fourth-order valence-electron chi connectivity index (χ4n) is 2.78. The van der Waals surface area contributed by atoms with E-state index in [-0.39, 0.29) is 24.1 Å². The number of hydrogen-bond acceptors (Lipinski definition) is 3. The lowest BCUT2D eigenvalue weighted by atomic mass is 9.97. The summed E-state index contributed by atoms with van der Waals surface area (Å²) in [5, 5.41) is 9.20. The van der Waals surface area contributed by atoms with Crippen molar-refractivity contribution >= 4 is 5.91 Å². The molecule has 116 valence electrons. The van der Waals surface area contributed by atoms with Gasteiger partial charge in [-0.05, 0) is 37.0 Å². The third-order valence-electron chi connectivity index (χ3n) is 4.05. The lowest BCUT2D eigenvalue weighted by Crippen LogP contribution is -2.40. The highest BCUT2D eigenvalue weighted by atomic mass is 19.1. The van der Waals surface area contributed by atoms with Crippen LogP contribution >= 0.6 is 0 Å². The summed E-state index contributed by atoms with van der Waals surface area (Å²) in [6.07, 6.45) is 4.82. The number of rotatable bonds is 4. The molecule has 1 heterocycles. The number of carbonyl (C=O) groups is 1. The molecule has 0 aliphatic carbocycles. The summed E-state index contributed by atoms with van der Waals surface area (Å²) in [5.74, 6) is -1.30. The third-order valence-corrected chi connectivity index (χ3v) is 4.05. The zero-order chi connectivity index (χ0) is 15.2. The largest absolute Gasteiger partial charge is 0.505 e. The molecule has 0 radical (unpaired) electrons. The first kappa shape index (κ1) is 15.8. The summed E-state index contributed by atoms with van der Waals surface area (Å²) in [6.45, 7) is 1.83. The second-order valence-electron chi connectivity index (χ2n) is 5.66. The SMILES string of the molecule is NCC(Cc1ccc(O)c(F)c1)C(=O)N1CCCCCC1. The molecule has 21 heavy (non-hydrogen) atoms. The Morgan fingerprint density at radius 3 is 2.52 bits per heavy atom. The van der Waals surface area contributed by atoms with Gasteiger partial charge in [-0.15, -0.1) is 0 Å². The number of benzene rings is 1. The van der Waals surface area contributed by atoms with E-state index in [1.807, 2.05) is 4.90 Å². The van der Waals surface area contributed by atoms with Gasteiger partial charge in [0.1, 0.15) is 0 Å². The Morgan fingerprint density at radius 2 is 1.95 bits per heavy atom. The number of nitrogens with zero attached hydrogens (tertiary/aromatic N) is 1. The van der Waals surface area contributed by atoms with Crippen molar-refractivity contribution in [2.45, 2.75) is 32.1 Å². The number of aromatic hydroxyl groups is 1. The predicted octanol–water partition coefficient (Wildman–Crippen LogP) is 2.05. The molecule has 0 spiro atoms. The van der Waals surface area contributed by atoms with Crippen LogP contribution in [0.5, 0.6) is 5.75 Å². The number of carbonyl (C=O) groups excluding carboxylic acids is 1. The Morgan fingerprint density at radius 1 is 1.29 bits per heavy atom. The first-order chi connectivity index (χ1) is 10.1. The van der Waals surface area contributed by atoms with Crippen molar-refractivity contribution in [2.24, 2.45) is 11.7 Å². The zero-order valence-corrected chi connectivity index (χ0v) is 12.2. The van der Waals surface area contributed by atoms with Crippen LogP contribution in [0.1, 0.15) is 31.2 Å². The van der Waals surface area contributed by atoms with Crippen molar-refractivity contribution in [3.63, 3.8) is 0 Å². The van der Waals surface area contributed by atoms with Gasteiger partial charge in [-0.1, -0.05) is 18.9 Å². The molecule has 0 bridgehead atoms. The molecule has 2 rings (SSSR count). The second-order valence-corrected chi connectivity index (χ2v) is 5.66. The van der Waals surface area contributed by atoms with Crippen LogP contribution in [0, 0.1) is 11.7 Å². The van der Waals surface area contributed by atoms with E-state index in [0.717, 1.165) is 25.9 Å². The van der Waals surface area contributed by atoms with E-state index in [9.17, 15) is 14.3 Å². The molecule has 1 aliphatic heterocycles. The van der Waals surface area contributed by atoms with Crippen LogP contribution in [0.3, 0.4) is 0 Å². The van der Waals surface area contributed by atoms with Crippen LogP contribution in [0.2, 0.25) is 0 Å². The summed E-state index contributed by atoms with van der Waals surface area (Å²) in [6, 6.07) is 4.22. The van der Waals surface area contributed by atoms with Crippen LogP contribution in [0.25, 0.3) is 0 Å². The van der Waals surface area contributed by atoms with Gasteiger partial charge in [0, 0.05) is 19.6 Å². The monoisotopic (exact) mass is 294 g/mol. The van der Waals surface area contributed by atoms with Crippen LogP contribution < -0.4 is 5.73 Å². The predicted molar refractivity (Wildman–Crippen MR) is 79.4 cm³/mol. The molecule has 4 nitrogen and oxygen atoms in total. The van der Waals surface area contributed by atoms with Gasteiger partial charge < -0.3 is 15.7 Å². The smallest absolute Gasteiger partial charge is 0.227 e. The van der Waals surface area contributed by atoms with Crippen molar-refractivity contribution in [1.82, 2.24) is 4.90 Å². The average Bonchev–Trinajstić information content (AvgIpc) is 2.77. The van der Waals surface area contributed by atoms with E-state index >= 15 is 0 Å². The number of phenolic OH excluding ortho intramolecular Hbond substituents is 1.